The van der Waals surface area contributed by atoms with Crippen molar-refractivity contribution in [2.75, 3.05) is 7.11 Å². The minimum Gasteiger partial charge on any atom is -0.490 e. The first-order valence-electron chi connectivity index (χ1n) is 6.11. The normalized spacial score (nSPS) is 19.0. The second-order valence-corrected chi connectivity index (χ2v) is 4.47. The van der Waals surface area contributed by atoms with Gasteiger partial charge in [-0.15, -0.1) is 0 Å². The van der Waals surface area contributed by atoms with Gasteiger partial charge in [0.1, 0.15) is 17.6 Å². The molecule has 1 aliphatic carbocycles. The van der Waals surface area contributed by atoms with E-state index in [1.165, 1.54) is 19.2 Å². The lowest BCUT2D eigenvalue weighted by Crippen LogP contribution is -2.25. The molecule has 0 bridgehead atoms. The third kappa shape index (κ3) is 3.21. The highest BCUT2D eigenvalue weighted by Crippen LogP contribution is 2.32. The maximum absolute atomic E-state index is 11.3. The molecule has 6 heteroatoms. The Morgan fingerprint density at radius 3 is 2.84 bits per heavy atom. The summed E-state index contributed by atoms with van der Waals surface area (Å²) in [6.45, 7) is 0. The highest BCUT2D eigenvalue weighted by atomic mass is 16.6. The maximum atomic E-state index is 11.3. The van der Waals surface area contributed by atoms with Crippen molar-refractivity contribution in [3.63, 3.8) is 0 Å². The van der Waals surface area contributed by atoms with E-state index in [4.69, 9.17) is 9.47 Å². The minimum atomic E-state index is -0.516. The van der Waals surface area contributed by atoms with Crippen LogP contribution in [0, 0.1) is 10.1 Å². The van der Waals surface area contributed by atoms with E-state index in [9.17, 15) is 14.9 Å². The second kappa shape index (κ2) is 5.69. The van der Waals surface area contributed by atoms with Gasteiger partial charge in [-0.05, 0) is 25.0 Å². The molecule has 0 N–H and O–H groups in total. The monoisotopic (exact) mass is 265 g/mol. The average molecular weight is 265 g/mol. The first-order valence-corrected chi connectivity index (χ1v) is 6.11. The van der Waals surface area contributed by atoms with Gasteiger partial charge in [-0.2, -0.15) is 0 Å². The molecule has 1 unspecified atom stereocenters. The number of carbonyl (C=O) groups is 1. The number of hydrogen-bond acceptors (Lipinski definition) is 5. The SMILES string of the molecule is COc1ccc(OC2CCCC(=O)C2)cc1[N+](=O)[O-]. The molecule has 1 atom stereocenters. The first-order chi connectivity index (χ1) is 9.10. The van der Waals surface area contributed by atoms with E-state index in [1.807, 2.05) is 0 Å². The highest BCUT2D eigenvalue weighted by Gasteiger charge is 2.22. The molecule has 6 nitrogen and oxygen atoms in total. The molecular formula is C13H15NO5. The fourth-order valence-electron chi connectivity index (χ4n) is 2.16. The zero-order valence-electron chi connectivity index (χ0n) is 10.6. The highest BCUT2D eigenvalue weighted by molar-refractivity contribution is 5.79. The largest absolute Gasteiger partial charge is 0.490 e. The van der Waals surface area contributed by atoms with Gasteiger partial charge in [0.2, 0.25) is 0 Å². The summed E-state index contributed by atoms with van der Waals surface area (Å²) in [7, 11) is 1.38. The number of rotatable bonds is 4. The van der Waals surface area contributed by atoms with Gasteiger partial charge in [0.05, 0.1) is 18.1 Å². The number of methoxy groups -OCH3 is 1. The van der Waals surface area contributed by atoms with Gasteiger partial charge in [0.25, 0.3) is 0 Å². The van der Waals surface area contributed by atoms with Crippen molar-refractivity contribution in [2.24, 2.45) is 0 Å². The number of ketones is 1. The van der Waals surface area contributed by atoms with Crippen molar-refractivity contribution in [2.45, 2.75) is 31.8 Å². The predicted octanol–water partition coefficient (Wildman–Crippen LogP) is 2.49. The van der Waals surface area contributed by atoms with Crippen LogP contribution in [0.15, 0.2) is 18.2 Å². The van der Waals surface area contributed by atoms with Crippen molar-refractivity contribution in [1.82, 2.24) is 0 Å². The fraction of sp³-hybridized carbons (Fsp3) is 0.462. The molecule has 1 saturated carbocycles. The third-order valence-corrected chi connectivity index (χ3v) is 3.09. The summed E-state index contributed by atoms with van der Waals surface area (Å²) in [4.78, 5) is 21.7. The van der Waals surface area contributed by atoms with Gasteiger partial charge in [-0.1, -0.05) is 0 Å². The van der Waals surface area contributed by atoms with Crippen molar-refractivity contribution < 1.29 is 19.2 Å². The van der Waals surface area contributed by atoms with Crippen LogP contribution in [0.1, 0.15) is 25.7 Å². The zero-order chi connectivity index (χ0) is 13.8. The summed E-state index contributed by atoms with van der Waals surface area (Å²) in [6, 6.07) is 4.45. The molecule has 0 aliphatic heterocycles. The van der Waals surface area contributed by atoms with Crippen LogP contribution in [-0.4, -0.2) is 23.9 Å². The number of ether oxygens (including phenoxy) is 2. The van der Waals surface area contributed by atoms with Crippen LogP contribution in [0.2, 0.25) is 0 Å². The molecule has 1 aliphatic rings. The number of nitro groups is 1. The molecule has 102 valence electrons. The molecule has 1 aromatic carbocycles. The van der Waals surface area contributed by atoms with Crippen molar-refractivity contribution in [3.05, 3.63) is 28.3 Å². The molecule has 1 aromatic rings. The topological polar surface area (TPSA) is 78.7 Å². The Morgan fingerprint density at radius 2 is 2.21 bits per heavy atom. The quantitative estimate of drug-likeness (QED) is 0.617. The molecular weight excluding hydrogens is 250 g/mol. The molecule has 0 spiro atoms. The van der Waals surface area contributed by atoms with E-state index >= 15 is 0 Å². The lowest BCUT2D eigenvalue weighted by atomic mass is 9.96. The van der Waals surface area contributed by atoms with Gasteiger partial charge in [-0.25, -0.2) is 0 Å². The van der Waals surface area contributed by atoms with Crippen LogP contribution in [0.5, 0.6) is 11.5 Å². The van der Waals surface area contributed by atoms with Crippen molar-refractivity contribution in [3.8, 4) is 11.5 Å². The van der Waals surface area contributed by atoms with Crippen LogP contribution >= 0.6 is 0 Å². The van der Waals surface area contributed by atoms with Gasteiger partial charge in [-0.3, -0.25) is 14.9 Å². The molecule has 0 saturated heterocycles. The number of nitrogens with zero attached hydrogens (tertiary/aromatic N) is 1. The maximum Gasteiger partial charge on any atom is 0.314 e. The van der Waals surface area contributed by atoms with Crippen molar-refractivity contribution >= 4 is 11.5 Å². The molecule has 1 fully saturated rings. The second-order valence-electron chi connectivity index (χ2n) is 4.47. The van der Waals surface area contributed by atoms with E-state index in [-0.39, 0.29) is 23.3 Å². The van der Waals surface area contributed by atoms with Crippen LogP contribution < -0.4 is 9.47 Å². The number of carbonyl (C=O) groups excluding carboxylic acids is 1. The van der Waals surface area contributed by atoms with Gasteiger partial charge in [0.15, 0.2) is 5.75 Å². The number of Topliss-reactive ketones (excluding diaryl/α,β-unsaturated/α-hetero) is 1. The van der Waals surface area contributed by atoms with Gasteiger partial charge in [0, 0.05) is 12.8 Å². The van der Waals surface area contributed by atoms with Crippen molar-refractivity contribution in [1.29, 1.82) is 0 Å². The Morgan fingerprint density at radius 1 is 1.42 bits per heavy atom. The predicted molar refractivity (Wildman–Crippen MR) is 67.5 cm³/mol. The molecule has 19 heavy (non-hydrogen) atoms. The summed E-state index contributed by atoms with van der Waals surface area (Å²) in [5.41, 5.74) is -0.137. The third-order valence-electron chi connectivity index (χ3n) is 3.09. The molecule has 0 amide bonds. The molecule has 0 aromatic heterocycles. The Kier molecular flexibility index (Phi) is 3.99. The summed E-state index contributed by atoms with van der Waals surface area (Å²) < 4.78 is 10.6. The zero-order valence-corrected chi connectivity index (χ0v) is 10.6. The van der Waals surface area contributed by atoms with E-state index < -0.39 is 4.92 Å². The summed E-state index contributed by atoms with van der Waals surface area (Å²) in [6.07, 6.45) is 2.39. The Hall–Kier alpha value is -2.11. The smallest absolute Gasteiger partial charge is 0.314 e. The number of nitro benzene ring substituents is 1. The lowest BCUT2D eigenvalue weighted by molar-refractivity contribution is -0.385. The lowest BCUT2D eigenvalue weighted by Gasteiger charge is -2.22. The van der Waals surface area contributed by atoms with E-state index in [0.717, 1.165) is 12.8 Å². The Labute approximate surface area is 110 Å². The van der Waals surface area contributed by atoms with Crippen LogP contribution in [0.25, 0.3) is 0 Å². The molecule has 0 radical (unpaired) electrons. The summed E-state index contributed by atoms with van der Waals surface area (Å²) in [5, 5.41) is 10.9. The van der Waals surface area contributed by atoms with E-state index in [2.05, 4.69) is 0 Å². The average Bonchev–Trinajstić information content (AvgIpc) is 2.38. The Balaban J connectivity index is 2.14. The number of hydrogen-bond donors (Lipinski definition) is 0. The molecule has 2 rings (SSSR count). The summed E-state index contributed by atoms with van der Waals surface area (Å²) in [5.74, 6) is 0.767. The van der Waals surface area contributed by atoms with Crippen LogP contribution in [0.3, 0.4) is 0 Å². The van der Waals surface area contributed by atoms with Gasteiger partial charge < -0.3 is 9.47 Å². The van der Waals surface area contributed by atoms with Gasteiger partial charge >= 0.3 is 5.69 Å². The standard InChI is InChI=1S/C13H15NO5/c1-18-13-6-5-11(8-12(13)14(16)17)19-10-4-2-3-9(15)7-10/h5-6,8,10H,2-4,7H2,1H3. The van der Waals surface area contributed by atoms with Crippen LogP contribution in [0.4, 0.5) is 5.69 Å². The summed E-state index contributed by atoms with van der Waals surface area (Å²) >= 11 is 0. The van der Waals surface area contributed by atoms with E-state index in [0.29, 0.717) is 18.6 Å². The van der Waals surface area contributed by atoms with E-state index in [1.54, 1.807) is 6.07 Å². The minimum absolute atomic E-state index is 0.137. The molecule has 0 heterocycles. The Bertz CT molecular complexity index is 500. The fourth-order valence-corrected chi connectivity index (χ4v) is 2.16. The first kappa shape index (κ1) is 13.3. The number of benzene rings is 1. The van der Waals surface area contributed by atoms with Crippen LogP contribution in [-0.2, 0) is 4.79 Å².